The number of nitro groups is 1. The molecule has 0 aliphatic heterocycles. The summed E-state index contributed by atoms with van der Waals surface area (Å²) in [5.74, 6) is 0.367. The zero-order valence-electron chi connectivity index (χ0n) is 16.5. The van der Waals surface area contributed by atoms with Crippen molar-refractivity contribution in [2.45, 2.75) is 0 Å². The molecule has 0 radical (unpaired) electrons. The molecule has 0 aliphatic carbocycles. The van der Waals surface area contributed by atoms with Gasteiger partial charge in [-0.2, -0.15) is 0 Å². The van der Waals surface area contributed by atoms with E-state index in [1.54, 1.807) is 38.4 Å². The zero-order valence-corrected chi connectivity index (χ0v) is 17.4. The van der Waals surface area contributed by atoms with E-state index in [0.717, 1.165) is 0 Å². The first-order valence-corrected chi connectivity index (χ1v) is 10.5. The van der Waals surface area contributed by atoms with Gasteiger partial charge in [0.1, 0.15) is 11.5 Å². The number of benzene rings is 2. The molecule has 0 aliphatic rings. The maximum atomic E-state index is 12.3. The average molecular weight is 422 g/mol. The van der Waals surface area contributed by atoms with Gasteiger partial charge in [0.25, 0.3) is 5.91 Å². The largest absolute Gasteiger partial charge is 0.483 e. The normalized spacial score (nSPS) is 11.0. The average Bonchev–Trinajstić information content (AvgIpc) is 2.72. The van der Waals surface area contributed by atoms with Crippen LogP contribution in [0, 0.1) is 10.1 Å². The third-order valence-electron chi connectivity index (χ3n) is 4.00. The summed E-state index contributed by atoms with van der Waals surface area (Å²) in [4.78, 5) is 24.1. The summed E-state index contributed by atoms with van der Waals surface area (Å²) in [5.41, 5.74) is 0.208. The van der Waals surface area contributed by atoms with Crippen LogP contribution in [0.15, 0.2) is 42.5 Å². The highest BCUT2D eigenvalue weighted by Gasteiger charge is 2.21. The van der Waals surface area contributed by atoms with Gasteiger partial charge in [-0.05, 0) is 44.4 Å². The quantitative estimate of drug-likeness (QED) is 0.359. The molecule has 2 aromatic rings. The summed E-state index contributed by atoms with van der Waals surface area (Å²) < 4.78 is 23.4. The molecule has 0 bridgehead atoms. The van der Waals surface area contributed by atoms with Gasteiger partial charge in [-0.3, -0.25) is 29.6 Å². The molecule has 2 rings (SSSR count). The molecule has 11 heteroatoms. The van der Waals surface area contributed by atoms with E-state index in [4.69, 9.17) is 9.47 Å². The van der Waals surface area contributed by atoms with Crippen LogP contribution in [-0.4, -0.2) is 50.3 Å². The molecule has 0 unspecified atom stereocenters. The van der Waals surface area contributed by atoms with Gasteiger partial charge in [-0.1, -0.05) is 0 Å². The number of nitro benzene ring substituents is 1. The van der Waals surface area contributed by atoms with Gasteiger partial charge in [0.05, 0.1) is 4.92 Å². The van der Waals surface area contributed by atoms with Gasteiger partial charge in [-0.25, -0.2) is 0 Å². The molecule has 156 valence electrons. The Balaban J connectivity index is 2.25. The summed E-state index contributed by atoms with van der Waals surface area (Å²) >= 11 is 0. The minimum Gasteiger partial charge on any atom is -0.483 e. The van der Waals surface area contributed by atoms with Crippen LogP contribution in [0.25, 0.3) is 0 Å². The number of ether oxygens (including phenoxy) is 2. The number of amides is 1. The van der Waals surface area contributed by atoms with Crippen molar-refractivity contribution in [3.05, 3.63) is 58.1 Å². The first-order valence-electron chi connectivity index (χ1n) is 8.57. The van der Waals surface area contributed by atoms with Crippen molar-refractivity contribution in [1.82, 2.24) is 15.1 Å². The molecule has 0 spiro atoms. The topological polar surface area (TPSA) is 123 Å². The van der Waals surface area contributed by atoms with E-state index >= 15 is 0 Å². The third kappa shape index (κ3) is 5.77. The lowest BCUT2D eigenvalue weighted by Gasteiger charge is -2.17. The number of hydrogen-bond acceptors (Lipinski definition) is 6. The maximum Gasteiger partial charge on any atom is 0.311 e. The fourth-order valence-electron chi connectivity index (χ4n) is 2.27. The third-order valence-corrected chi connectivity index (χ3v) is 5.94. The van der Waals surface area contributed by atoms with Crippen LogP contribution in [0.2, 0.25) is 0 Å². The summed E-state index contributed by atoms with van der Waals surface area (Å²) in [7, 11) is 3.44. The van der Waals surface area contributed by atoms with Crippen molar-refractivity contribution in [2.75, 3.05) is 34.5 Å². The Morgan fingerprint density at radius 2 is 1.69 bits per heavy atom. The lowest BCUT2D eigenvalue weighted by molar-refractivity contribution is -0.385. The lowest BCUT2D eigenvalue weighted by Crippen LogP contribution is -2.21. The standard InChI is InChI=1S/C18H23N4O6P/c1-19-29(26,20-2)12-27-15-9-10-16(22(24)25)17(11-15)28-14-7-5-13(6-8-14)18(23)21(3)4/h5-11H,12H2,1-4H3,(H2,19,20,26). The van der Waals surface area contributed by atoms with Crippen molar-refractivity contribution >= 4 is 19.0 Å². The number of carbonyl (C=O) groups excluding carboxylic acids is 1. The van der Waals surface area contributed by atoms with Crippen molar-refractivity contribution in [3.63, 3.8) is 0 Å². The van der Waals surface area contributed by atoms with Gasteiger partial charge < -0.3 is 14.4 Å². The Morgan fingerprint density at radius 3 is 2.21 bits per heavy atom. The number of nitrogens with zero attached hydrogens (tertiary/aromatic N) is 2. The SMILES string of the molecule is CNP(=O)(COc1ccc([N+](=O)[O-])c(Oc2ccc(C(=O)N(C)C)cc2)c1)NC. The summed E-state index contributed by atoms with van der Waals surface area (Å²) in [5, 5.41) is 16.6. The fourth-order valence-corrected chi connectivity index (χ4v) is 3.09. The second-order valence-corrected chi connectivity index (χ2v) is 8.81. The minimum atomic E-state index is -2.92. The van der Waals surface area contributed by atoms with Gasteiger partial charge in [0.2, 0.25) is 13.2 Å². The van der Waals surface area contributed by atoms with Crippen molar-refractivity contribution in [3.8, 4) is 17.2 Å². The highest BCUT2D eigenvalue weighted by Crippen LogP contribution is 2.38. The van der Waals surface area contributed by atoms with Crippen LogP contribution in [-0.2, 0) is 4.57 Å². The smallest absolute Gasteiger partial charge is 0.311 e. The summed E-state index contributed by atoms with van der Waals surface area (Å²) in [6.45, 7) is 0. The van der Waals surface area contributed by atoms with Gasteiger partial charge in [-0.15, -0.1) is 0 Å². The van der Waals surface area contributed by atoms with E-state index in [2.05, 4.69) is 10.2 Å². The van der Waals surface area contributed by atoms with Crippen molar-refractivity contribution in [2.24, 2.45) is 0 Å². The van der Waals surface area contributed by atoms with Gasteiger partial charge >= 0.3 is 5.69 Å². The summed E-state index contributed by atoms with van der Waals surface area (Å²) in [6, 6.07) is 10.2. The monoisotopic (exact) mass is 422 g/mol. The molecule has 0 aromatic heterocycles. The molecule has 0 heterocycles. The first kappa shape index (κ1) is 22.4. The van der Waals surface area contributed by atoms with E-state index < -0.39 is 12.4 Å². The van der Waals surface area contributed by atoms with Gasteiger partial charge in [0, 0.05) is 31.8 Å². The lowest BCUT2D eigenvalue weighted by atomic mass is 10.2. The van der Waals surface area contributed by atoms with Crippen LogP contribution in [0.3, 0.4) is 0 Å². The number of nitrogens with one attached hydrogen (secondary N) is 2. The van der Waals surface area contributed by atoms with Crippen LogP contribution in [0.5, 0.6) is 17.2 Å². The van der Waals surface area contributed by atoms with E-state index in [0.29, 0.717) is 11.3 Å². The number of carbonyl (C=O) groups is 1. The minimum absolute atomic E-state index is 0.0390. The molecular formula is C18H23N4O6P. The molecule has 29 heavy (non-hydrogen) atoms. The number of rotatable bonds is 9. The van der Waals surface area contributed by atoms with Crippen LogP contribution in [0.1, 0.15) is 10.4 Å². The molecule has 2 N–H and O–H groups in total. The first-order chi connectivity index (χ1) is 13.7. The van der Waals surface area contributed by atoms with E-state index in [1.807, 2.05) is 0 Å². The Morgan fingerprint density at radius 1 is 1.10 bits per heavy atom. The van der Waals surface area contributed by atoms with E-state index in [1.165, 1.54) is 37.2 Å². The van der Waals surface area contributed by atoms with Gasteiger partial charge in [0.15, 0.2) is 6.35 Å². The van der Waals surface area contributed by atoms with Crippen LogP contribution < -0.4 is 19.6 Å². The zero-order chi connectivity index (χ0) is 21.6. The highest BCUT2D eigenvalue weighted by atomic mass is 31.2. The second kappa shape index (κ2) is 9.51. The maximum absolute atomic E-state index is 12.3. The van der Waals surface area contributed by atoms with Crippen LogP contribution in [0.4, 0.5) is 5.69 Å². The molecule has 2 aromatic carbocycles. The Bertz CT molecular complexity index is 924. The predicted octanol–water partition coefficient (Wildman–Crippen LogP) is 3.06. The molecule has 0 saturated carbocycles. The molecule has 10 nitrogen and oxygen atoms in total. The fraction of sp³-hybridized carbons (Fsp3) is 0.278. The highest BCUT2D eigenvalue weighted by molar-refractivity contribution is 7.59. The molecule has 0 fully saturated rings. The molecule has 0 atom stereocenters. The summed E-state index contributed by atoms with van der Waals surface area (Å²) in [6.07, 6.45) is -0.154. The molecule has 1 amide bonds. The number of hydrogen-bond donors (Lipinski definition) is 2. The second-order valence-electron chi connectivity index (χ2n) is 6.17. The van der Waals surface area contributed by atoms with Crippen molar-refractivity contribution in [1.29, 1.82) is 0 Å². The Labute approximate surface area is 168 Å². The van der Waals surface area contributed by atoms with E-state index in [9.17, 15) is 19.5 Å². The van der Waals surface area contributed by atoms with E-state index in [-0.39, 0.29) is 29.4 Å². The Kier molecular flexibility index (Phi) is 7.33. The molecule has 0 saturated heterocycles. The van der Waals surface area contributed by atoms with Crippen LogP contribution >= 0.6 is 7.44 Å². The molecular weight excluding hydrogens is 399 g/mol. The van der Waals surface area contributed by atoms with Crippen molar-refractivity contribution < 1.29 is 23.8 Å². The Hall–Kier alpha value is -2.94. The predicted molar refractivity (Wildman–Crippen MR) is 109 cm³/mol.